The number of phenolic OH excluding ortho intramolecular Hbond substituents is 1. The van der Waals surface area contributed by atoms with Crippen LogP contribution in [0, 0.1) is 6.92 Å². The largest absolute Gasteiger partial charge is 0.505 e. The van der Waals surface area contributed by atoms with Gasteiger partial charge in [0.1, 0.15) is 11.3 Å². The topological polar surface area (TPSA) is 84.9 Å². The number of amides is 1. The number of para-hydroxylation sites is 1. The number of aryl methyl sites for hydroxylation is 1. The molecular formula is C21H25NO5. The third-order valence-electron chi connectivity index (χ3n) is 4.16. The number of rotatable bonds is 6. The lowest BCUT2D eigenvalue weighted by atomic mass is 10.0. The third-order valence-corrected chi connectivity index (χ3v) is 4.16. The van der Waals surface area contributed by atoms with E-state index in [4.69, 9.17) is 4.74 Å². The molecule has 2 rings (SSSR count). The number of benzene rings is 2. The zero-order valence-electron chi connectivity index (χ0n) is 16.2. The summed E-state index contributed by atoms with van der Waals surface area (Å²) in [5.41, 5.74) is 2.14. The first-order valence-electron chi connectivity index (χ1n) is 8.73. The Balaban J connectivity index is 2.18. The van der Waals surface area contributed by atoms with Crippen molar-refractivity contribution < 1.29 is 24.2 Å². The van der Waals surface area contributed by atoms with E-state index in [1.165, 1.54) is 19.2 Å². The van der Waals surface area contributed by atoms with Crippen LogP contribution >= 0.6 is 0 Å². The van der Waals surface area contributed by atoms with E-state index in [-0.39, 0.29) is 22.9 Å². The Bertz CT molecular complexity index is 844. The molecule has 0 spiro atoms. The number of phenols is 1. The maximum Gasteiger partial charge on any atom is 0.341 e. The molecule has 2 N–H and O–H groups in total. The lowest BCUT2D eigenvalue weighted by molar-refractivity contribution is -0.122. The van der Waals surface area contributed by atoms with Gasteiger partial charge in [-0.25, -0.2) is 4.79 Å². The zero-order valence-corrected chi connectivity index (χ0v) is 16.2. The highest BCUT2D eigenvalue weighted by molar-refractivity contribution is 5.99. The van der Waals surface area contributed by atoms with Crippen LogP contribution < -0.4 is 10.1 Å². The number of ether oxygens (including phenoxy) is 2. The van der Waals surface area contributed by atoms with Crippen LogP contribution in [0.5, 0.6) is 11.5 Å². The van der Waals surface area contributed by atoms with Crippen molar-refractivity contribution in [2.24, 2.45) is 0 Å². The number of aromatic hydroxyl groups is 1. The Hall–Kier alpha value is -3.02. The van der Waals surface area contributed by atoms with Gasteiger partial charge in [0.25, 0.3) is 5.91 Å². The quantitative estimate of drug-likeness (QED) is 0.592. The second-order valence-electron chi connectivity index (χ2n) is 6.64. The molecule has 0 aliphatic heterocycles. The second kappa shape index (κ2) is 8.58. The Morgan fingerprint density at radius 3 is 2.44 bits per heavy atom. The minimum atomic E-state index is -0.800. The molecule has 1 atom stereocenters. The third kappa shape index (κ3) is 4.78. The summed E-state index contributed by atoms with van der Waals surface area (Å²) in [4.78, 5) is 24.2. The molecule has 0 aliphatic rings. The molecule has 0 bridgehead atoms. The first-order valence-corrected chi connectivity index (χ1v) is 8.73. The minimum Gasteiger partial charge on any atom is -0.505 e. The van der Waals surface area contributed by atoms with Gasteiger partial charge in [0, 0.05) is 0 Å². The fraction of sp³-hybridized carbons (Fsp3) is 0.333. The average molecular weight is 371 g/mol. The SMILES string of the molecule is COC(=O)c1cccc(NC(=O)C(C)Oc2cc(C)ccc2C(C)C)c1O. The molecule has 0 saturated carbocycles. The molecule has 6 heteroatoms. The minimum absolute atomic E-state index is 0.0235. The number of hydrogen-bond donors (Lipinski definition) is 2. The summed E-state index contributed by atoms with van der Waals surface area (Å²) in [5.74, 6) is -0.571. The van der Waals surface area contributed by atoms with Crippen molar-refractivity contribution in [1.82, 2.24) is 0 Å². The number of carbonyl (C=O) groups is 2. The molecule has 0 saturated heterocycles. The first kappa shape index (κ1) is 20.3. The van der Waals surface area contributed by atoms with Crippen LogP contribution in [0.3, 0.4) is 0 Å². The zero-order chi connectivity index (χ0) is 20.1. The summed E-state index contributed by atoms with van der Waals surface area (Å²) < 4.78 is 10.5. The van der Waals surface area contributed by atoms with Crippen molar-refractivity contribution in [2.45, 2.75) is 39.7 Å². The summed E-state index contributed by atoms with van der Waals surface area (Å²) >= 11 is 0. The highest BCUT2D eigenvalue weighted by atomic mass is 16.5. The molecule has 144 valence electrons. The Kier molecular flexibility index (Phi) is 6.45. The monoisotopic (exact) mass is 371 g/mol. The van der Waals surface area contributed by atoms with Crippen LogP contribution in [0.25, 0.3) is 0 Å². The maximum absolute atomic E-state index is 12.5. The van der Waals surface area contributed by atoms with Crippen LogP contribution in [-0.2, 0) is 9.53 Å². The summed E-state index contributed by atoms with van der Waals surface area (Å²) in [6.07, 6.45) is -0.800. The predicted octanol–water partition coefficient (Wildman–Crippen LogP) is 4.02. The Morgan fingerprint density at radius 2 is 1.81 bits per heavy atom. The predicted molar refractivity (Wildman–Crippen MR) is 103 cm³/mol. The molecule has 0 fully saturated rings. The smallest absolute Gasteiger partial charge is 0.341 e. The molecular weight excluding hydrogens is 346 g/mol. The molecule has 2 aromatic carbocycles. The van der Waals surface area contributed by atoms with Gasteiger partial charge < -0.3 is 19.9 Å². The Morgan fingerprint density at radius 1 is 1.11 bits per heavy atom. The first-order chi connectivity index (χ1) is 12.7. The molecule has 27 heavy (non-hydrogen) atoms. The van der Waals surface area contributed by atoms with E-state index in [0.717, 1.165) is 11.1 Å². The highest BCUT2D eigenvalue weighted by Crippen LogP contribution is 2.30. The molecule has 1 unspecified atom stereocenters. The number of anilines is 1. The van der Waals surface area contributed by atoms with Crippen LogP contribution in [0.15, 0.2) is 36.4 Å². The standard InChI is InChI=1S/C21H25NO5/c1-12(2)15-10-9-13(3)11-18(15)27-14(4)20(24)22-17-8-6-7-16(19(17)23)21(25)26-5/h6-12,14,23H,1-5H3,(H,22,24). The lowest BCUT2D eigenvalue weighted by Gasteiger charge is -2.19. The molecule has 0 radical (unpaired) electrons. The molecule has 0 aliphatic carbocycles. The van der Waals surface area contributed by atoms with Gasteiger partial charge in [0.05, 0.1) is 12.8 Å². The summed E-state index contributed by atoms with van der Waals surface area (Å²) in [6.45, 7) is 7.69. The van der Waals surface area contributed by atoms with Crippen LogP contribution in [0.1, 0.15) is 48.2 Å². The fourth-order valence-corrected chi connectivity index (χ4v) is 2.62. The molecule has 6 nitrogen and oxygen atoms in total. The molecule has 0 heterocycles. The van der Waals surface area contributed by atoms with Crippen LogP contribution in [0.2, 0.25) is 0 Å². The van der Waals surface area contributed by atoms with Crippen molar-refractivity contribution in [2.75, 3.05) is 12.4 Å². The fourth-order valence-electron chi connectivity index (χ4n) is 2.62. The van der Waals surface area contributed by atoms with E-state index in [1.807, 2.05) is 25.1 Å². The normalized spacial score (nSPS) is 11.8. The van der Waals surface area contributed by atoms with Gasteiger partial charge in [0.2, 0.25) is 0 Å². The van der Waals surface area contributed by atoms with E-state index in [2.05, 4.69) is 23.9 Å². The number of methoxy groups -OCH3 is 1. The lowest BCUT2D eigenvalue weighted by Crippen LogP contribution is -2.30. The molecule has 0 aromatic heterocycles. The van der Waals surface area contributed by atoms with E-state index < -0.39 is 18.0 Å². The number of hydrogen-bond acceptors (Lipinski definition) is 5. The number of carbonyl (C=O) groups excluding carboxylic acids is 2. The van der Waals surface area contributed by atoms with Gasteiger partial charge in [-0.3, -0.25) is 4.79 Å². The van der Waals surface area contributed by atoms with Crippen molar-refractivity contribution in [3.8, 4) is 11.5 Å². The van der Waals surface area contributed by atoms with E-state index in [0.29, 0.717) is 5.75 Å². The highest BCUT2D eigenvalue weighted by Gasteiger charge is 2.21. The van der Waals surface area contributed by atoms with Gasteiger partial charge in [-0.15, -0.1) is 0 Å². The molecule has 2 aromatic rings. The van der Waals surface area contributed by atoms with Crippen molar-refractivity contribution in [3.63, 3.8) is 0 Å². The average Bonchev–Trinajstić information content (AvgIpc) is 2.62. The summed E-state index contributed by atoms with van der Waals surface area (Å²) in [5, 5.41) is 12.8. The van der Waals surface area contributed by atoms with Gasteiger partial charge in [0.15, 0.2) is 11.9 Å². The molecule has 1 amide bonds. The van der Waals surface area contributed by atoms with Gasteiger partial charge in [-0.05, 0) is 49.1 Å². The maximum atomic E-state index is 12.5. The van der Waals surface area contributed by atoms with Gasteiger partial charge >= 0.3 is 5.97 Å². The van der Waals surface area contributed by atoms with Gasteiger partial charge in [-0.1, -0.05) is 32.0 Å². The van der Waals surface area contributed by atoms with Gasteiger partial charge in [-0.2, -0.15) is 0 Å². The van der Waals surface area contributed by atoms with Crippen LogP contribution in [0.4, 0.5) is 5.69 Å². The number of esters is 1. The summed E-state index contributed by atoms with van der Waals surface area (Å²) in [6, 6.07) is 10.4. The summed E-state index contributed by atoms with van der Waals surface area (Å²) in [7, 11) is 1.22. The van der Waals surface area contributed by atoms with Crippen molar-refractivity contribution in [3.05, 3.63) is 53.1 Å². The van der Waals surface area contributed by atoms with Crippen molar-refractivity contribution >= 4 is 17.6 Å². The van der Waals surface area contributed by atoms with E-state index >= 15 is 0 Å². The van der Waals surface area contributed by atoms with E-state index in [1.54, 1.807) is 13.0 Å². The van der Waals surface area contributed by atoms with E-state index in [9.17, 15) is 14.7 Å². The second-order valence-corrected chi connectivity index (χ2v) is 6.64. The Labute approximate surface area is 159 Å². The van der Waals surface area contributed by atoms with Crippen LogP contribution in [-0.4, -0.2) is 30.2 Å². The number of nitrogens with one attached hydrogen (secondary N) is 1. The van der Waals surface area contributed by atoms with Crippen molar-refractivity contribution in [1.29, 1.82) is 0 Å².